The Bertz CT molecular complexity index is 533. The van der Waals surface area contributed by atoms with Gasteiger partial charge in [-0.25, -0.2) is 9.50 Å². The number of nitrogen functional groups attached to an aromatic ring is 1. The summed E-state index contributed by atoms with van der Waals surface area (Å²) < 4.78 is 1.78. The molecule has 2 N–H and O–H groups in total. The van der Waals surface area contributed by atoms with Crippen LogP contribution in [0.5, 0.6) is 0 Å². The second-order valence-electron chi connectivity index (χ2n) is 4.86. The maximum Gasteiger partial charge on any atom is 0.155 e. The average Bonchev–Trinajstić information content (AvgIpc) is 2.72. The van der Waals surface area contributed by atoms with Crippen LogP contribution in [-0.2, 0) is 0 Å². The maximum absolute atomic E-state index is 5.70. The van der Waals surface area contributed by atoms with Gasteiger partial charge in [-0.05, 0) is 26.4 Å². The number of aromatic nitrogens is 3. The molecule has 0 radical (unpaired) electrons. The fraction of sp³-hybridized carbons (Fsp3) is 0.500. The van der Waals surface area contributed by atoms with Crippen LogP contribution in [-0.4, -0.2) is 39.6 Å². The van der Waals surface area contributed by atoms with Crippen molar-refractivity contribution >= 4 is 11.3 Å². The molecule has 1 fully saturated rings. The third-order valence-corrected chi connectivity index (χ3v) is 3.39. The van der Waals surface area contributed by atoms with Crippen LogP contribution in [0.15, 0.2) is 18.5 Å². The topological polar surface area (TPSA) is 59.5 Å². The molecule has 0 saturated carbocycles. The number of anilines is 1. The van der Waals surface area contributed by atoms with Crippen molar-refractivity contribution in [3.8, 4) is 0 Å². The van der Waals surface area contributed by atoms with Gasteiger partial charge in [-0.15, -0.1) is 0 Å². The van der Waals surface area contributed by atoms with E-state index in [2.05, 4.69) is 28.1 Å². The molecule has 17 heavy (non-hydrogen) atoms. The first-order valence-electron chi connectivity index (χ1n) is 6.02. The van der Waals surface area contributed by atoms with Gasteiger partial charge in [-0.1, -0.05) is 0 Å². The summed E-state index contributed by atoms with van der Waals surface area (Å²) in [6.45, 7) is 2.27. The fourth-order valence-corrected chi connectivity index (χ4v) is 2.52. The molecule has 0 amide bonds. The minimum atomic E-state index is 0.525. The summed E-state index contributed by atoms with van der Waals surface area (Å²) in [7, 11) is 2.16. The van der Waals surface area contributed by atoms with Crippen molar-refractivity contribution in [3.05, 3.63) is 24.2 Å². The van der Waals surface area contributed by atoms with Crippen LogP contribution in [0.1, 0.15) is 24.5 Å². The van der Waals surface area contributed by atoms with Gasteiger partial charge in [0.1, 0.15) is 0 Å². The highest BCUT2D eigenvalue weighted by molar-refractivity contribution is 5.45. The van der Waals surface area contributed by atoms with Crippen LogP contribution in [0.25, 0.3) is 5.65 Å². The summed E-state index contributed by atoms with van der Waals surface area (Å²) in [4.78, 5) is 6.64. The summed E-state index contributed by atoms with van der Waals surface area (Å²) >= 11 is 0. The molecule has 1 saturated heterocycles. The van der Waals surface area contributed by atoms with E-state index in [0.717, 1.165) is 17.9 Å². The van der Waals surface area contributed by atoms with Crippen LogP contribution < -0.4 is 5.73 Å². The van der Waals surface area contributed by atoms with E-state index in [1.165, 1.54) is 19.4 Å². The van der Waals surface area contributed by atoms with Crippen LogP contribution in [0, 0.1) is 0 Å². The van der Waals surface area contributed by atoms with Gasteiger partial charge in [0.2, 0.25) is 0 Å². The summed E-state index contributed by atoms with van der Waals surface area (Å²) in [6.07, 6.45) is 5.94. The van der Waals surface area contributed by atoms with Crippen molar-refractivity contribution in [2.75, 3.05) is 25.9 Å². The van der Waals surface area contributed by atoms with Gasteiger partial charge in [0, 0.05) is 18.5 Å². The maximum atomic E-state index is 5.70. The Hall–Kier alpha value is -1.62. The van der Waals surface area contributed by atoms with Gasteiger partial charge < -0.3 is 10.6 Å². The van der Waals surface area contributed by atoms with Crippen LogP contribution in [0.2, 0.25) is 0 Å². The Morgan fingerprint density at radius 2 is 2.35 bits per heavy atom. The SMILES string of the molecule is CN1CCCC(c2cc3ncc(N)cn3n2)C1. The van der Waals surface area contributed by atoms with E-state index in [4.69, 9.17) is 5.73 Å². The quantitative estimate of drug-likeness (QED) is 0.799. The number of likely N-dealkylation sites (tertiary alicyclic amines) is 1. The zero-order valence-electron chi connectivity index (χ0n) is 10.0. The normalized spacial score (nSPS) is 22.1. The summed E-state index contributed by atoms with van der Waals surface area (Å²) in [5.41, 5.74) is 8.36. The number of piperidine rings is 1. The largest absolute Gasteiger partial charge is 0.396 e. The van der Waals surface area contributed by atoms with Crippen LogP contribution in [0.3, 0.4) is 0 Å². The standard InChI is InChI=1S/C12H17N5/c1-16-4-2-3-9(7-16)11-5-12-14-6-10(13)8-17(12)15-11/h5-6,8-9H,2-4,7,13H2,1H3. The lowest BCUT2D eigenvalue weighted by atomic mass is 9.95. The van der Waals surface area contributed by atoms with Gasteiger partial charge in [0.25, 0.3) is 0 Å². The molecule has 1 aliphatic heterocycles. The number of nitrogens with two attached hydrogens (primary N) is 1. The van der Waals surface area contributed by atoms with Gasteiger partial charge in [-0.2, -0.15) is 5.10 Å². The zero-order valence-corrected chi connectivity index (χ0v) is 10.0. The van der Waals surface area contributed by atoms with Crippen LogP contribution >= 0.6 is 0 Å². The predicted octanol–water partition coefficient (Wildman–Crippen LogP) is 1.12. The number of hydrogen-bond donors (Lipinski definition) is 1. The zero-order chi connectivity index (χ0) is 11.8. The molecular weight excluding hydrogens is 214 g/mol. The van der Waals surface area contributed by atoms with E-state index in [0.29, 0.717) is 11.6 Å². The molecule has 3 heterocycles. The smallest absolute Gasteiger partial charge is 0.155 e. The minimum Gasteiger partial charge on any atom is -0.396 e. The summed E-state index contributed by atoms with van der Waals surface area (Å²) in [5.74, 6) is 0.525. The molecule has 5 heteroatoms. The van der Waals surface area contributed by atoms with Gasteiger partial charge in [0.15, 0.2) is 5.65 Å². The van der Waals surface area contributed by atoms with Crippen molar-refractivity contribution in [2.45, 2.75) is 18.8 Å². The molecule has 2 aromatic heterocycles. The number of likely N-dealkylation sites (N-methyl/N-ethyl adjacent to an activating group) is 1. The van der Waals surface area contributed by atoms with E-state index in [-0.39, 0.29) is 0 Å². The van der Waals surface area contributed by atoms with E-state index in [1.807, 2.05) is 6.20 Å². The molecule has 3 rings (SSSR count). The van der Waals surface area contributed by atoms with E-state index >= 15 is 0 Å². The molecule has 1 aliphatic rings. The van der Waals surface area contributed by atoms with Crippen molar-refractivity contribution in [1.29, 1.82) is 0 Å². The molecule has 90 valence electrons. The lowest BCUT2D eigenvalue weighted by molar-refractivity contribution is 0.248. The van der Waals surface area contributed by atoms with E-state index < -0.39 is 0 Å². The molecular formula is C12H17N5. The summed E-state index contributed by atoms with van der Waals surface area (Å²) in [6, 6.07) is 2.07. The van der Waals surface area contributed by atoms with Gasteiger partial charge in [-0.3, -0.25) is 0 Å². The number of hydrogen-bond acceptors (Lipinski definition) is 4. The molecule has 0 aliphatic carbocycles. The highest BCUT2D eigenvalue weighted by Crippen LogP contribution is 2.25. The number of nitrogens with zero attached hydrogens (tertiary/aromatic N) is 4. The first kappa shape index (κ1) is 10.5. The van der Waals surface area contributed by atoms with Crippen LogP contribution in [0.4, 0.5) is 5.69 Å². The Kier molecular flexibility index (Phi) is 2.48. The molecule has 1 atom stereocenters. The minimum absolute atomic E-state index is 0.525. The number of fused-ring (bicyclic) bond motifs is 1. The van der Waals surface area contributed by atoms with Crippen molar-refractivity contribution in [1.82, 2.24) is 19.5 Å². The Morgan fingerprint density at radius 1 is 1.47 bits per heavy atom. The monoisotopic (exact) mass is 231 g/mol. The molecule has 0 bridgehead atoms. The lowest BCUT2D eigenvalue weighted by Crippen LogP contribution is -2.30. The van der Waals surface area contributed by atoms with E-state index in [1.54, 1.807) is 10.7 Å². The molecule has 1 unspecified atom stereocenters. The Morgan fingerprint density at radius 3 is 3.18 bits per heavy atom. The highest BCUT2D eigenvalue weighted by Gasteiger charge is 2.21. The lowest BCUT2D eigenvalue weighted by Gasteiger charge is -2.28. The third kappa shape index (κ3) is 1.98. The third-order valence-electron chi connectivity index (χ3n) is 3.39. The van der Waals surface area contributed by atoms with Gasteiger partial charge in [0.05, 0.1) is 23.8 Å². The average molecular weight is 231 g/mol. The van der Waals surface area contributed by atoms with Gasteiger partial charge >= 0.3 is 0 Å². The van der Waals surface area contributed by atoms with E-state index in [9.17, 15) is 0 Å². The molecule has 5 nitrogen and oxygen atoms in total. The second kappa shape index (κ2) is 4.00. The first-order valence-corrected chi connectivity index (χ1v) is 6.02. The second-order valence-corrected chi connectivity index (χ2v) is 4.86. The number of rotatable bonds is 1. The Balaban J connectivity index is 1.94. The first-order chi connectivity index (χ1) is 8.22. The predicted molar refractivity (Wildman–Crippen MR) is 66.9 cm³/mol. The Labute approximate surface area is 100 Å². The molecule has 0 spiro atoms. The molecule has 0 aromatic carbocycles. The summed E-state index contributed by atoms with van der Waals surface area (Å²) in [5, 5.41) is 4.58. The van der Waals surface area contributed by atoms with Crippen molar-refractivity contribution in [2.24, 2.45) is 0 Å². The molecule has 2 aromatic rings. The highest BCUT2D eigenvalue weighted by atomic mass is 15.3. The fourth-order valence-electron chi connectivity index (χ4n) is 2.52. The van der Waals surface area contributed by atoms with Crippen molar-refractivity contribution in [3.63, 3.8) is 0 Å². The van der Waals surface area contributed by atoms with Crippen molar-refractivity contribution < 1.29 is 0 Å².